The van der Waals surface area contributed by atoms with Crippen LogP contribution in [0.5, 0.6) is 11.5 Å². The topological polar surface area (TPSA) is 9.23 Å². The maximum Gasteiger partial charge on any atom is 0.135 e. The Bertz CT molecular complexity index is 1970. The molecule has 162 valence electrons. The van der Waals surface area contributed by atoms with Gasteiger partial charge >= 0.3 is 0 Å². The fourth-order valence-electron chi connectivity index (χ4n) is 5.82. The first-order chi connectivity index (χ1) is 17.3. The zero-order chi connectivity index (χ0) is 22.9. The van der Waals surface area contributed by atoms with Crippen LogP contribution in [-0.4, -0.2) is 0 Å². The lowest BCUT2D eigenvalue weighted by Crippen LogP contribution is -1.98. The van der Waals surface area contributed by atoms with E-state index < -0.39 is 0 Å². The molecule has 0 bridgehead atoms. The second kappa shape index (κ2) is 6.94. The highest BCUT2D eigenvalue weighted by atomic mass is 16.5. The molecule has 1 heterocycles. The van der Waals surface area contributed by atoms with Crippen LogP contribution in [0.2, 0.25) is 0 Å². The zero-order valence-electron chi connectivity index (χ0n) is 19.0. The predicted octanol–water partition coefficient (Wildman–Crippen LogP) is 9.74. The second-order valence-electron chi connectivity index (χ2n) is 9.33. The molecule has 1 aliphatic rings. The molecule has 8 rings (SSSR count). The molecule has 1 nitrogen and oxygen atoms in total. The average Bonchev–Trinajstić information content (AvgIpc) is 2.92. The Hall–Kier alpha value is -4.62. The van der Waals surface area contributed by atoms with Crippen LogP contribution in [0, 0.1) is 0 Å². The van der Waals surface area contributed by atoms with Crippen molar-refractivity contribution >= 4 is 43.1 Å². The van der Waals surface area contributed by atoms with Gasteiger partial charge in [0.1, 0.15) is 11.5 Å². The number of ether oxygens (including phenoxy) is 1. The van der Waals surface area contributed by atoms with Gasteiger partial charge in [0.25, 0.3) is 0 Å². The van der Waals surface area contributed by atoms with E-state index in [1.54, 1.807) is 0 Å². The van der Waals surface area contributed by atoms with Gasteiger partial charge in [-0.25, -0.2) is 0 Å². The number of hydrogen-bond acceptors (Lipinski definition) is 1. The van der Waals surface area contributed by atoms with Crippen molar-refractivity contribution in [2.45, 2.75) is 0 Å². The molecule has 0 saturated heterocycles. The van der Waals surface area contributed by atoms with Gasteiger partial charge in [-0.2, -0.15) is 0 Å². The van der Waals surface area contributed by atoms with Gasteiger partial charge in [-0.15, -0.1) is 0 Å². The molecule has 0 atom stereocenters. The Balaban J connectivity index is 1.50. The van der Waals surface area contributed by atoms with E-state index in [1.165, 1.54) is 59.8 Å². The van der Waals surface area contributed by atoms with Crippen molar-refractivity contribution in [2.75, 3.05) is 0 Å². The summed E-state index contributed by atoms with van der Waals surface area (Å²) in [4.78, 5) is 0. The first kappa shape index (κ1) is 18.8. The van der Waals surface area contributed by atoms with E-state index >= 15 is 0 Å². The molecule has 1 aliphatic heterocycles. The van der Waals surface area contributed by atoms with Gasteiger partial charge in [0.15, 0.2) is 0 Å². The highest BCUT2D eigenvalue weighted by Gasteiger charge is 2.23. The Morgan fingerprint density at radius 1 is 0.400 bits per heavy atom. The number of benzene rings is 7. The Morgan fingerprint density at radius 2 is 1.06 bits per heavy atom. The molecule has 0 spiro atoms. The van der Waals surface area contributed by atoms with E-state index in [1.807, 2.05) is 6.07 Å². The van der Waals surface area contributed by atoms with Gasteiger partial charge in [0, 0.05) is 16.5 Å². The average molecular weight is 445 g/mol. The largest absolute Gasteiger partial charge is 0.456 e. The third kappa shape index (κ3) is 2.64. The van der Waals surface area contributed by atoms with E-state index in [2.05, 4.69) is 115 Å². The highest BCUT2D eigenvalue weighted by Crippen LogP contribution is 2.50. The van der Waals surface area contributed by atoms with Crippen molar-refractivity contribution in [3.63, 3.8) is 0 Å². The van der Waals surface area contributed by atoms with Crippen molar-refractivity contribution < 1.29 is 4.74 Å². The van der Waals surface area contributed by atoms with Crippen LogP contribution in [0.4, 0.5) is 0 Å². The minimum atomic E-state index is 0.914. The van der Waals surface area contributed by atoms with Crippen molar-refractivity contribution in [1.82, 2.24) is 0 Å². The minimum absolute atomic E-state index is 0.914. The van der Waals surface area contributed by atoms with E-state index in [9.17, 15) is 0 Å². The van der Waals surface area contributed by atoms with E-state index in [-0.39, 0.29) is 0 Å². The van der Waals surface area contributed by atoms with Gasteiger partial charge in [-0.1, -0.05) is 103 Å². The van der Waals surface area contributed by atoms with Crippen molar-refractivity contribution in [1.29, 1.82) is 0 Å². The molecular weight excluding hydrogens is 424 g/mol. The molecule has 0 fully saturated rings. The summed E-state index contributed by atoms with van der Waals surface area (Å²) in [5, 5.41) is 10.1. The number of para-hydroxylation sites is 1. The summed E-state index contributed by atoms with van der Waals surface area (Å²) in [5.74, 6) is 1.84. The minimum Gasteiger partial charge on any atom is -0.456 e. The molecule has 0 radical (unpaired) electrons. The van der Waals surface area contributed by atoms with Gasteiger partial charge in [-0.05, 0) is 67.0 Å². The van der Waals surface area contributed by atoms with Crippen LogP contribution in [0.15, 0.2) is 121 Å². The monoisotopic (exact) mass is 444 g/mol. The van der Waals surface area contributed by atoms with Gasteiger partial charge in [0.2, 0.25) is 0 Å². The van der Waals surface area contributed by atoms with Gasteiger partial charge in [-0.3, -0.25) is 0 Å². The van der Waals surface area contributed by atoms with Crippen LogP contribution >= 0.6 is 0 Å². The fraction of sp³-hybridized carbons (Fsp3) is 0. The van der Waals surface area contributed by atoms with Crippen molar-refractivity contribution in [3.05, 3.63) is 121 Å². The molecule has 0 N–H and O–H groups in total. The third-order valence-electron chi connectivity index (χ3n) is 7.42. The quantitative estimate of drug-likeness (QED) is 0.229. The van der Waals surface area contributed by atoms with Crippen LogP contribution in [0.1, 0.15) is 0 Å². The summed E-state index contributed by atoms with van der Waals surface area (Å²) in [6.45, 7) is 0. The summed E-state index contributed by atoms with van der Waals surface area (Å²) in [6, 6.07) is 43.7. The smallest absolute Gasteiger partial charge is 0.135 e. The van der Waals surface area contributed by atoms with Gasteiger partial charge in [0.05, 0.1) is 0 Å². The molecule has 0 aliphatic carbocycles. The molecule has 7 aromatic carbocycles. The summed E-state index contributed by atoms with van der Waals surface area (Å²) >= 11 is 0. The summed E-state index contributed by atoms with van der Waals surface area (Å²) < 4.78 is 6.32. The third-order valence-corrected chi connectivity index (χ3v) is 7.42. The molecule has 0 aromatic heterocycles. The Kier molecular flexibility index (Phi) is 3.72. The SMILES string of the molecule is c1ccc2c(c1)Oc1cccc3ccc(-c4ccc5ccc6ccc7ccccc7c6c5c4)c-2c13. The first-order valence-electron chi connectivity index (χ1n) is 12.0. The lowest BCUT2D eigenvalue weighted by Gasteiger charge is -2.24. The first-order valence-corrected chi connectivity index (χ1v) is 12.0. The molecule has 0 unspecified atom stereocenters. The van der Waals surface area contributed by atoms with E-state index in [0.29, 0.717) is 0 Å². The maximum atomic E-state index is 6.32. The normalized spacial score (nSPS) is 12.2. The lowest BCUT2D eigenvalue weighted by atomic mass is 9.86. The molecule has 35 heavy (non-hydrogen) atoms. The Morgan fingerprint density at radius 3 is 2.00 bits per heavy atom. The van der Waals surface area contributed by atoms with Crippen LogP contribution in [0.3, 0.4) is 0 Å². The molecule has 0 saturated carbocycles. The molecule has 0 amide bonds. The molecule has 1 heteroatoms. The lowest BCUT2D eigenvalue weighted by molar-refractivity contribution is 0.487. The van der Waals surface area contributed by atoms with Crippen molar-refractivity contribution in [2.24, 2.45) is 0 Å². The van der Waals surface area contributed by atoms with E-state index in [4.69, 9.17) is 4.74 Å². The fourth-order valence-corrected chi connectivity index (χ4v) is 5.82. The van der Waals surface area contributed by atoms with E-state index in [0.717, 1.165) is 17.1 Å². The Labute approximate surface area is 202 Å². The number of fused-ring (bicyclic) bond motifs is 7. The van der Waals surface area contributed by atoms with Crippen LogP contribution < -0.4 is 4.74 Å². The summed E-state index contributed by atoms with van der Waals surface area (Å²) in [7, 11) is 0. The highest BCUT2D eigenvalue weighted by molar-refractivity contribution is 6.21. The standard InChI is InChI=1S/C34H20O/c1-2-8-26-21(6-1)12-15-24-16-13-22-14-17-25(20-29(22)32(24)26)27-19-18-23-7-5-11-31-33(23)34(27)28-9-3-4-10-30(28)35-31/h1-20H. The van der Waals surface area contributed by atoms with Crippen LogP contribution in [-0.2, 0) is 0 Å². The summed E-state index contributed by atoms with van der Waals surface area (Å²) in [6.07, 6.45) is 0. The number of rotatable bonds is 1. The zero-order valence-corrected chi connectivity index (χ0v) is 19.0. The van der Waals surface area contributed by atoms with Gasteiger partial charge < -0.3 is 4.74 Å². The summed E-state index contributed by atoms with van der Waals surface area (Å²) in [5.41, 5.74) is 4.86. The number of hydrogen-bond donors (Lipinski definition) is 0. The maximum absolute atomic E-state index is 6.32. The van der Waals surface area contributed by atoms with Crippen LogP contribution in [0.25, 0.3) is 65.3 Å². The van der Waals surface area contributed by atoms with Crippen molar-refractivity contribution in [3.8, 4) is 33.8 Å². The predicted molar refractivity (Wildman–Crippen MR) is 147 cm³/mol. The second-order valence-corrected chi connectivity index (χ2v) is 9.33. The molecular formula is C34H20O. The molecule has 7 aromatic rings.